The maximum atomic E-state index is 12.9. The van der Waals surface area contributed by atoms with Crippen LogP contribution in [0, 0.1) is 19.8 Å². The Morgan fingerprint density at radius 3 is 2.58 bits per heavy atom. The predicted molar refractivity (Wildman–Crippen MR) is 87.2 cm³/mol. The van der Waals surface area contributed by atoms with Crippen molar-refractivity contribution in [2.75, 3.05) is 19.6 Å². The molecule has 0 radical (unpaired) electrons. The lowest BCUT2D eigenvalue weighted by Gasteiger charge is -2.34. The van der Waals surface area contributed by atoms with Crippen molar-refractivity contribution in [1.82, 2.24) is 24.6 Å². The highest BCUT2D eigenvalue weighted by Gasteiger charge is 2.43. The number of piperidine rings is 1. The van der Waals surface area contributed by atoms with Crippen molar-refractivity contribution in [1.29, 1.82) is 0 Å². The standard InChI is InChI=1S/C17H25N5O2/c1-11-18-12(2)22(19-11)15-4-3-7-20(10-15)17(24)13-8-16(23)21(9-13)14-5-6-14/h13-15H,3-10H2,1-2H3/t13-,15-/m0/s1. The molecular formula is C17H25N5O2. The van der Waals surface area contributed by atoms with E-state index in [9.17, 15) is 9.59 Å². The van der Waals surface area contributed by atoms with Gasteiger partial charge < -0.3 is 9.80 Å². The third-order valence-electron chi connectivity index (χ3n) is 5.46. The van der Waals surface area contributed by atoms with Crippen LogP contribution in [0.1, 0.15) is 49.8 Å². The summed E-state index contributed by atoms with van der Waals surface area (Å²) in [6, 6.07) is 0.603. The molecule has 130 valence electrons. The molecule has 4 rings (SSSR count). The lowest BCUT2D eigenvalue weighted by Crippen LogP contribution is -2.44. The summed E-state index contributed by atoms with van der Waals surface area (Å²) in [5.41, 5.74) is 0. The van der Waals surface area contributed by atoms with E-state index in [4.69, 9.17) is 0 Å². The van der Waals surface area contributed by atoms with Gasteiger partial charge in [0.05, 0.1) is 12.0 Å². The number of carbonyl (C=O) groups excluding carboxylic acids is 2. The lowest BCUT2D eigenvalue weighted by atomic mass is 10.0. The molecule has 1 aromatic rings. The highest BCUT2D eigenvalue weighted by atomic mass is 16.2. The van der Waals surface area contributed by atoms with Gasteiger partial charge in [0.2, 0.25) is 11.8 Å². The van der Waals surface area contributed by atoms with Crippen molar-refractivity contribution in [2.45, 2.75) is 58.0 Å². The first-order chi connectivity index (χ1) is 11.5. The van der Waals surface area contributed by atoms with Gasteiger partial charge in [-0.2, -0.15) is 5.10 Å². The van der Waals surface area contributed by atoms with Gasteiger partial charge in [0.25, 0.3) is 0 Å². The zero-order valence-corrected chi connectivity index (χ0v) is 14.4. The molecule has 7 nitrogen and oxygen atoms in total. The van der Waals surface area contributed by atoms with E-state index >= 15 is 0 Å². The molecule has 0 spiro atoms. The Morgan fingerprint density at radius 2 is 1.92 bits per heavy atom. The molecular weight excluding hydrogens is 306 g/mol. The molecule has 3 aliphatic rings. The summed E-state index contributed by atoms with van der Waals surface area (Å²) in [5.74, 6) is 1.83. The minimum absolute atomic E-state index is 0.144. The molecule has 1 aliphatic carbocycles. The molecule has 24 heavy (non-hydrogen) atoms. The van der Waals surface area contributed by atoms with Gasteiger partial charge in [-0.3, -0.25) is 9.59 Å². The first-order valence-electron chi connectivity index (χ1n) is 9.01. The second-order valence-corrected chi connectivity index (χ2v) is 7.41. The highest BCUT2D eigenvalue weighted by molar-refractivity contribution is 5.89. The van der Waals surface area contributed by atoms with Crippen LogP contribution in [0.15, 0.2) is 0 Å². The minimum Gasteiger partial charge on any atom is -0.340 e. The number of aromatic nitrogens is 3. The third kappa shape index (κ3) is 2.80. The van der Waals surface area contributed by atoms with E-state index in [2.05, 4.69) is 10.1 Å². The fourth-order valence-corrected chi connectivity index (χ4v) is 4.13. The van der Waals surface area contributed by atoms with Crippen molar-refractivity contribution in [2.24, 2.45) is 5.92 Å². The molecule has 2 aliphatic heterocycles. The summed E-state index contributed by atoms with van der Waals surface area (Å²) in [6.07, 6.45) is 4.58. The monoisotopic (exact) mass is 331 g/mol. The van der Waals surface area contributed by atoms with Crippen LogP contribution < -0.4 is 0 Å². The second-order valence-electron chi connectivity index (χ2n) is 7.41. The Kier molecular flexibility index (Phi) is 3.81. The van der Waals surface area contributed by atoms with Crippen LogP contribution in [0.3, 0.4) is 0 Å². The van der Waals surface area contributed by atoms with Gasteiger partial charge in [-0.15, -0.1) is 0 Å². The maximum absolute atomic E-state index is 12.9. The largest absolute Gasteiger partial charge is 0.340 e. The third-order valence-corrected chi connectivity index (χ3v) is 5.46. The SMILES string of the molecule is Cc1nc(C)n([C@H]2CCCN(C(=O)[C@H]3CC(=O)N(C4CC4)C3)C2)n1. The first-order valence-corrected chi connectivity index (χ1v) is 9.01. The number of likely N-dealkylation sites (tertiary alicyclic amines) is 2. The number of aryl methyl sites for hydroxylation is 2. The van der Waals surface area contributed by atoms with E-state index in [1.807, 2.05) is 28.3 Å². The van der Waals surface area contributed by atoms with Crippen LogP contribution in [0.5, 0.6) is 0 Å². The number of carbonyl (C=O) groups is 2. The van der Waals surface area contributed by atoms with Crippen LogP contribution in [-0.4, -0.2) is 62.1 Å². The Hall–Kier alpha value is -1.92. The molecule has 0 unspecified atom stereocenters. The van der Waals surface area contributed by atoms with Crippen LogP contribution in [0.4, 0.5) is 0 Å². The Morgan fingerprint density at radius 1 is 1.12 bits per heavy atom. The van der Waals surface area contributed by atoms with Gasteiger partial charge in [-0.05, 0) is 39.5 Å². The van der Waals surface area contributed by atoms with Crippen molar-refractivity contribution in [3.05, 3.63) is 11.6 Å². The van der Waals surface area contributed by atoms with E-state index in [0.29, 0.717) is 25.6 Å². The molecule has 7 heteroatoms. The normalized spacial score (nSPS) is 27.8. The molecule has 0 aromatic carbocycles. The smallest absolute Gasteiger partial charge is 0.228 e. The average Bonchev–Trinajstić information content (AvgIpc) is 3.25. The van der Waals surface area contributed by atoms with E-state index in [0.717, 1.165) is 43.9 Å². The fraction of sp³-hybridized carbons (Fsp3) is 0.765. The van der Waals surface area contributed by atoms with Gasteiger partial charge in [0.15, 0.2) is 0 Å². The van der Waals surface area contributed by atoms with Crippen molar-refractivity contribution < 1.29 is 9.59 Å². The Bertz CT molecular complexity index is 666. The van der Waals surface area contributed by atoms with E-state index in [-0.39, 0.29) is 23.8 Å². The quantitative estimate of drug-likeness (QED) is 0.831. The summed E-state index contributed by atoms with van der Waals surface area (Å²) >= 11 is 0. The summed E-state index contributed by atoms with van der Waals surface area (Å²) in [7, 11) is 0. The molecule has 0 N–H and O–H groups in total. The lowest BCUT2D eigenvalue weighted by molar-refractivity contribution is -0.137. The highest BCUT2D eigenvalue weighted by Crippen LogP contribution is 2.34. The topological polar surface area (TPSA) is 71.3 Å². The Balaban J connectivity index is 1.43. The van der Waals surface area contributed by atoms with E-state index in [1.54, 1.807) is 0 Å². The number of rotatable bonds is 3. The molecule has 2 amide bonds. The van der Waals surface area contributed by atoms with Crippen LogP contribution in [0.25, 0.3) is 0 Å². The average molecular weight is 331 g/mol. The van der Waals surface area contributed by atoms with Gasteiger partial charge in [0, 0.05) is 32.1 Å². The van der Waals surface area contributed by atoms with Crippen molar-refractivity contribution in [3.63, 3.8) is 0 Å². The summed E-state index contributed by atoms with van der Waals surface area (Å²) in [5, 5.41) is 4.49. The molecule has 2 atom stereocenters. The van der Waals surface area contributed by atoms with Crippen LogP contribution >= 0.6 is 0 Å². The van der Waals surface area contributed by atoms with Gasteiger partial charge in [-0.25, -0.2) is 9.67 Å². The predicted octanol–water partition coefficient (Wildman–Crippen LogP) is 1.07. The van der Waals surface area contributed by atoms with Gasteiger partial charge in [-0.1, -0.05) is 0 Å². The second kappa shape index (κ2) is 5.86. The molecule has 3 heterocycles. The molecule has 2 saturated heterocycles. The zero-order chi connectivity index (χ0) is 16.8. The summed E-state index contributed by atoms with van der Waals surface area (Å²) < 4.78 is 1.96. The number of amides is 2. The van der Waals surface area contributed by atoms with Gasteiger partial charge >= 0.3 is 0 Å². The molecule has 0 bridgehead atoms. The number of hydrogen-bond donors (Lipinski definition) is 0. The summed E-state index contributed by atoms with van der Waals surface area (Å²) in [4.78, 5) is 33.3. The molecule has 1 aromatic heterocycles. The first kappa shape index (κ1) is 15.6. The maximum Gasteiger partial charge on any atom is 0.228 e. The van der Waals surface area contributed by atoms with Crippen LogP contribution in [0.2, 0.25) is 0 Å². The Labute approximate surface area is 142 Å². The van der Waals surface area contributed by atoms with Crippen molar-refractivity contribution >= 4 is 11.8 Å². The zero-order valence-electron chi connectivity index (χ0n) is 14.4. The summed E-state index contributed by atoms with van der Waals surface area (Å²) in [6.45, 7) is 5.94. The molecule has 1 saturated carbocycles. The van der Waals surface area contributed by atoms with Gasteiger partial charge in [0.1, 0.15) is 11.6 Å². The fourth-order valence-electron chi connectivity index (χ4n) is 4.13. The molecule has 3 fully saturated rings. The van der Waals surface area contributed by atoms with E-state index in [1.165, 1.54) is 0 Å². The van der Waals surface area contributed by atoms with Crippen LogP contribution in [-0.2, 0) is 9.59 Å². The number of hydrogen-bond acceptors (Lipinski definition) is 4. The van der Waals surface area contributed by atoms with Crippen molar-refractivity contribution in [3.8, 4) is 0 Å². The van der Waals surface area contributed by atoms with E-state index < -0.39 is 0 Å². The number of nitrogens with zero attached hydrogens (tertiary/aromatic N) is 5. The minimum atomic E-state index is -0.157.